The molecule has 0 radical (unpaired) electrons. The topological polar surface area (TPSA) is 73.6 Å². The third-order valence-corrected chi connectivity index (χ3v) is 3.09. The van der Waals surface area contributed by atoms with Crippen molar-refractivity contribution < 1.29 is 0 Å². The van der Waals surface area contributed by atoms with E-state index in [2.05, 4.69) is 12.1 Å². The molecule has 2 N–H and O–H groups in total. The summed E-state index contributed by atoms with van der Waals surface area (Å²) in [4.78, 5) is 0. The highest BCUT2D eigenvalue weighted by Crippen LogP contribution is 2.28. The number of nitrogens with zero attached hydrogens (tertiary/aromatic N) is 2. The van der Waals surface area contributed by atoms with Crippen molar-refractivity contribution in [2.75, 3.05) is 5.73 Å². The Morgan fingerprint density at radius 2 is 1.74 bits per heavy atom. The van der Waals surface area contributed by atoms with Crippen LogP contribution in [-0.4, -0.2) is 0 Å². The maximum atomic E-state index is 9.37. The number of halogens is 1. The van der Waals surface area contributed by atoms with Crippen molar-refractivity contribution in [2.24, 2.45) is 0 Å². The van der Waals surface area contributed by atoms with Crippen LogP contribution in [0.5, 0.6) is 0 Å². The molecule has 2 aromatic carbocycles. The molecule has 0 heterocycles. The first kappa shape index (κ1) is 13.0. The van der Waals surface area contributed by atoms with E-state index in [1.165, 1.54) is 0 Å². The van der Waals surface area contributed by atoms with Crippen molar-refractivity contribution >= 4 is 17.3 Å². The summed E-state index contributed by atoms with van der Waals surface area (Å²) >= 11 is 5.83. The van der Waals surface area contributed by atoms with Gasteiger partial charge < -0.3 is 5.73 Å². The molecule has 0 aromatic heterocycles. The average molecular weight is 268 g/mol. The van der Waals surface area contributed by atoms with Gasteiger partial charge in [0.2, 0.25) is 0 Å². The van der Waals surface area contributed by atoms with Gasteiger partial charge in [-0.25, -0.2) is 0 Å². The highest BCUT2D eigenvalue weighted by molar-refractivity contribution is 6.30. The van der Waals surface area contributed by atoms with Crippen molar-refractivity contribution in [3.63, 3.8) is 0 Å². The van der Waals surface area contributed by atoms with E-state index in [1.807, 2.05) is 0 Å². The molecule has 0 bridgehead atoms. The van der Waals surface area contributed by atoms with Crippen LogP contribution in [0.15, 0.2) is 42.5 Å². The molecule has 3 nitrogen and oxygen atoms in total. The van der Waals surface area contributed by atoms with Gasteiger partial charge in [0.25, 0.3) is 0 Å². The predicted molar refractivity (Wildman–Crippen MR) is 74.5 cm³/mol. The molecule has 0 saturated heterocycles. The zero-order valence-corrected chi connectivity index (χ0v) is 10.7. The summed E-state index contributed by atoms with van der Waals surface area (Å²) < 4.78 is 0. The van der Waals surface area contributed by atoms with E-state index in [4.69, 9.17) is 22.6 Å². The number of rotatable bonds is 2. The minimum atomic E-state index is -0.507. The third kappa shape index (κ3) is 2.68. The van der Waals surface area contributed by atoms with Crippen molar-refractivity contribution in [1.29, 1.82) is 10.5 Å². The summed E-state index contributed by atoms with van der Waals surface area (Å²) in [5.41, 5.74) is 8.03. The highest BCUT2D eigenvalue weighted by atomic mass is 35.5. The lowest BCUT2D eigenvalue weighted by Gasteiger charge is -2.12. The molecule has 0 spiro atoms. The van der Waals surface area contributed by atoms with E-state index in [1.54, 1.807) is 42.5 Å². The van der Waals surface area contributed by atoms with E-state index < -0.39 is 5.92 Å². The van der Waals surface area contributed by atoms with Crippen LogP contribution in [0.2, 0.25) is 5.02 Å². The number of nitrogen functional groups attached to an aromatic ring is 1. The van der Waals surface area contributed by atoms with Gasteiger partial charge in [-0.05, 0) is 35.4 Å². The third-order valence-electron chi connectivity index (χ3n) is 2.84. The lowest BCUT2D eigenvalue weighted by atomic mass is 9.89. The van der Waals surface area contributed by atoms with Crippen LogP contribution < -0.4 is 5.73 Å². The Labute approximate surface area is 116 Å². The SMILES string of the molecule is N#Cc1cc(N)ccc1C(C#N)c1ccc(Cl)cc1. The quantitative estimate of drug-likeness (QED) is 0.847. The number of anilines is 1. The van der Waals surface area contributed by atoms with E-state index in [0.717, 1.165) is 5.56 Å². The summed E-state index contributed by atoms with van der Waals surface area (Å²) in [5.74, 6) is -0.507. The molecule has 1 atom stereocenters. The molecule has 0 aliphatic rings. The molecule has 0 amide bonds. The largest absolute Gasteiger partial charge is 0.399 e. The van der Waals surface area contributed by atoms with Gasteiger partial charge >= 0.3 is 0 Å². The molecule has 92 valence electrons. The second kappa shape index (κ2) is 5.44. The molecule has 0 fully saturated rings. The number of hydrogen-bond acceptors (Lipinski definition) is 3. The fourth-order valence-corrected chi connectivity index (χ4v) is 2.03. The smallest absolute Gasteiger partial charge is 0.0995 e. The zero-order valence-electron chi connectivity index (χ0n) is 9.97. The summed E-state index contributed by atoms with van der Waals surface area (Å²) in [6.07, 6.45) is 0. The fourth-order valence-electron chi connectivity index (χ4n) is 1.90. The Morgan fingerprint density at radius 3 is 2.32 bits per heavy atom. The van der Waals surface area contributed by atoms with Gasteiger partial charge in [0.1, 0.15) is 0 Å². The number of nitrogens with two attached hydrogens (primary N) is 1. The van der Waals surface area contributed by atoms with E-state index in [0.29, 0.717) is 21.8 Å². The number of benzene rings is 2. The molecule has 2 aromatic rings. The predicted octanol–water partition coefficient (Wildman–Crippen LogP) is 3.45. The Bertz CT molecular complexity index is 678. The Kier molecular flexibility index (Phi) is 3.71. The van der Waals surface area contributed by atoms with Gasteiger partial charge in [-0.2, -0.15) is 10.5 Å². The van der Waals surface area contributed by atoms with Crippen molar-refractivity contribution in [3.05, 3.63) is 64.2 Å². The van der Waals surface area contributed by atoms with E-state index in [9.17, 15) is 5.26 Å². The first-order valence-corrected chi connectivity index (χ1v) is 5.98. The summed E-state index contributed by atoms with van der Waals surface area (Å²) in [6.45, 7) is 0. The molecule has 0 aliphatic carbocycles. The second-order valence-corrected chi connectivity index (χ2v) is 4.51. The molecule has 0 saturated carbocycles. The monoisotopic (exact) mass is 267 g/mol. The minimum absolute atomic E-state index is 0.418. The van der Waals surface area contributed by atoms with Crippen LogP contribution in [-0.2, 0) is 0 Å². The van der Waals surface area contributed by atoms with Crippen molar-refractivity contribution in [1.82, 2.24) is 0 Å². The number of hydrogen-bond donors (Lipinski definition) is 1. The van der Waals surface area contributed by atoms with Crippen LogP contribution in [0.4, 0.5) is 5.69 Å². The minimum Gasteiger partial charge on any atom is -0.399 e. The van der Waals surface area contributed by atoms with E-state index >= 15 is 0 Å². The summed E-state index contributed by atoms with van der Waals surface area (Å²) in [6, 6.07) is 16.3. The number of nitriles is 2. The zero-order chi connectivity index (χ0) is 13.8. The van der Waals surface area contributed by atoms with Gasteiger partial charge in [0.15, 0.2) is 0 Å². The van der Waals surface area contributed by atoms with Crippen molar-refractivity contribution in [2.45, 2.75) is 5.92 Å². The molecule has 1 unspecified atom stereocenters. The maximum absolute atomic E-state index is 9.37. The van der Waals surface area contributed by atoms with Gasteiger partial charge in [-0.3, -0.25) is 0 Å². The van der Waals surface area contributed by atoms with Crippen LogP contribution >= 0.6 is 11.6 Å². The normalized spacial score (nSPS) is 11.3. The van der Waals surface area contributed by atoms with Gasteiger partial charge in [-0.15, -0.1) is 0 Å². The first-order valence-electron chi connectivity index (χ1n) is 5.60. The van der Waals surface area contributed by atoms with Crippen molar-refractivity contribution in [3.8, 4) is 12.1 Å². The Balaban J connectivity index is 2.52. The molecule has 0 aliphatic heterocycles. The van der Waals surface area contributed by atoms with Gasteiger partial charge in [0, 0.05) is 10.7 Å². The highest BCUT2D eigenvalue weighted by Gasteiger charge is 2.17. The molecular formula is C15H10ClN3. The van der Waals surface area contributed by atoms with Crippen LogP contribution in [0.25, 0.3) is 0 Å². The van der Waals surface area contributed by atoms with Gasteiger partial charge in [-0.1, -0.05) is 29.8 Å². The van der Waals surface area contributed by atoms with Crippen LogP contribution in [0.3, 0.4) is 0 Å². The standard InChI is InChI=1S/C15H10ClN3/c16-12-3-1-10(2-4-12)15(9-18)14-6-5-13(19)7-11(14)8-17/h1-7,15H,19H2. The Hall–Kier alpha value is -2.49. The van der Waals surface area contributed by atoms with Crippen LogP contribution in [0.1, 0.15) is 22.6 Å². The fraction of sp³-hybridized carbons (Fsp3) is 0.0667. The lowest BCUT2D eigenvalue weighted by Crippen LogP contribution is -2.02. The molecule has 2 rings (SSSR count). The average Bonchev–Trinajstić information content (AvgIpc) is 2.43. The van der Waals surface area contributed by atoms with E-state index in [-0.39, 0.29) is 0 Å². The second-order valence-electron chi connectivity index (χ2n) is 4.07. The summed E-state index contributed by atoms with van der Waals surface area (Å²) in [5, 5.41) is 19.1. The van der Waals surface area contributed by atoms with Crippen LogP contribution in [0, 0.1) is 22.7 Å². The molecule has 19 heavy (non-hydrogen) atoms. The first-order chi connectivity index (χ1) is 9.15. The molecular weight excluding hydrogens is 258 g/mol. The van der Waals surface area contributed by atoms with Gasteiger partial charge in [0.05, 0.1) is 23.6 Å². The summed E-state index contributed by atoms with van der Waals surface area (Å²) in [7, 11) is 0. The maximum Gasteiger partial charge on any atom is 0.0995 e. The lowest BCUT2D eigenvalue weighted by molar-refractivity contribution is 1.03. The molecule has 4 heteroatoms. The Morgan fingerprint density at radius 1 is 1.05 bits per heavy atom.